The third kappa shape index (κ3) is 19.6. The van der Waals surface area contributed by atoms with E-state index in [1.165, 1.54) is 103 Å². The summed E-state index contributed by atoms with van der Waals surface area (Å²) < 4.78 is 4.67. The number of hydrogen-bond acceptors (Lipinski definition) is 3. The maximum Gasteiger partial charge on any atom is 0.340 e. The van der Waals surface area contributed by atoms with Gasteiger partial charge in [0.05, 0.1) is 0 Å². The van der Waals surface area contributed by atoms with Crippen molar-refractivity contribution < 1.29 is 14.3 Å². The third-order valence-corrected chi connectivity index (χ3v) is 5.29. The Hall–Kier alpha value is -1.12. The molecule has 164 valence electrons. The molecule has 3 heteroatoms. The summed E-state index contributed by atoms with van der Waals surface area (Å²) in [5.41, 5.74) is 0.270. The molecular weight excluding hydrogens is 348 g/mol. The molecule has 0 saturated carbocycles. The molecule has 0 aromatic rings. The summed E-state index contributed by atoms with van der Waals surface area (Å²) in [5, 5.41) is 0. The number of carbonyl (C=O) groups is 2. The smallest absolute Gasteiger partial charge is 0.340 e. The monoisotopic (exact) mass is 394 g/mol. The van der Waals surface area contributed by atoms with Crippen molar-refractivity contribution in [2.45, 2.75) is 136 Å². The maximum atomic E-state index is 11.4. The Morgan fingerprint density at radius 2 is 0.929 bits per heavy atom. The molecule has 0 unspecified atom stereocenters. The number of unbranched alkanes of at least 4 members (excludes halogenated alkanes) is 17. The zero-order chi connectivity index (χ0) is 20.9. The van der Waals surface area contributed by atoms with Crippen molar-refractivity contribution >= 4 is 11.9 Å². The number of ether oxygens (including phenoxy) is 1. The lowest BCUT2D eigenvalue weighted by Crippen LogP contribution is -2.12. The van der Waals surface area contributed by atoms with Crippen molar-refractivity contribution in [3.63, 3.8) is 0 Å². The minimum atomic E-state index is -0.604. The molecule has 0 aromatic carbocycles. The van der Waals surface area contributed by atoms with Crippen molar-refractivity contribution in [3.8, 4) is 0 Å². The molecule has 0 spiro atoms. The van der Waals surface area contributed by atoms with E-state index >= 15 is 0 Å². The predicted molar refractivity (Wildman–Crippen MR) is 119 cm³/mol. The average molecular weight is 395 g/mol. The van der Waals surface area contributed by atoms with Gasteiger partial charge in [0.2, 0.25) is 0 Å². The van der Waals surface area contributed by atoms with Crippen LogP contribution in [0, 0.1) is 0 Å². The van der Waals surface area contributed by atoms with Crippen LogP contribution in [0.25, 0.3) is 0 Å². The lowest BCUT2D eigenvalue weighted by molar-refractivity contribution is -0.156. The van der Waals surface area contributed by atoms with E-state index in [4.69, 9.17) is 0 Å². The number of carbonyl (C=O) groups excluding carboxylic acids is 2. The van der Waals surface area contributed by atoms with Gasteiger partial charge in [-0.15, -0.1) is 0 Å². The third-order valence-electron chi connectivity index (χ3n) is 5.29. The van der Waals surface area contributed by atoms with E-state index in [2.05, 4.69) is 18.2 Å². The highest BCUT2D eigenvalue weighted by molar-refractivity contribution is 5.95. The zero-order valence-corrected chi connectivity index (χ0v) is 18.9. The normalized spacial score (nSPS) is 10.8. The second-order valence-electron chi connectivity index (χ2n) is 8.30. The summed E-state index contributed by atoms with van der Waals surface area (Å²) in [5.74, 6) is -1.03. The molecule has 0 fully saturated rings. The van der Waals surface area contributed by atoms with Crippen LogP contribution in [0.2, 0.25) is 0 Å². The van der Waals surface area contributed by atoms with Crippen molar-refractivity contribution in [1.29, 1.82) is 0 Å². The molecule has 3 nitrogen and oxygen atoms in total. The summed E-state index contributed by atoms with van der Waals surface area (Å²) in [4.78, 5) is 22.6. The Kier molecular flexibility index (Phi) is 19.8. The first-order chi connectivity index (χ1) is 13.6. The van der Waals surface area contributed by atoms with E-state index in [9.17, 15) is 9.59 Å². The van der Waals surface area contributed by atoms with Crippen LogP contribution >= 0.6 is 0 Å². The molecule has 0 saturated heterocycles. The summed E-state index contributed by atoms with van der Waals surface area (Å²) in [6.45, 7) is 7.29. The zero-order valence-electron chi connectivity index (χ0n) is 18.9. The standard InChI is InChI=1S/C25H46O3/c1-4-5-6-7-8-9-10-11-12-13-14-15-16-17-18-19-20-21-22-24(26)28-25(27)23(2)3/h2,4-22H2,1,3H3. The van der Waals surface area contributed by atoms with E-state index in [0.717, 1.165) is 12.8 Å². The average Bonchev–Trinajstić information content (AvgIpc) is 2.66. The first-order valence-electron chi connectivity index (χ1n) is 12.0. The van der Waals surface area contributed by atoms with Gasteiger partial charge in [0.1, 0.15) is 0 Å². The summed E-state index contributed by atoms with van der Waals surface area (Å²) in [7, 11) is 0. The van der Waals surface area contributed by atoms with Gasteiger partial charge in [-0.25, -0.2) is 4.79 Å². The minimum absolute atomic E-state index is 0.270. The van der Waals surface area contributed by atoms with Gasteiger partial charge in [0, 0.05) is 12.0 Å². The second kappa shape index (κ2) is 20.6. The molecule has 0 aliphatic rings. The second-order valence-corrected chi connectivity index (χ2v) is 8.30. The molecule has 0 N–H and O–H groups in total. The van der Waals surface area contributed by atoms with Gasteiger partial charge in [-0.05, 0) is 13.3 Å². The molecule has 0 aliphatic heterocycles. The highest BCUT2D eigenvalue weighted by Gasteiger charge is 2.10. The fourth-order valence-corrected chi connectivity index (χ4v) is 3.41. The van der Waals surface area contributed by atoms with Crippen LogP contribution in [-0.4, -0.2) is 11.9 Å². The van der Waals surface area contributed by atoms with Crippen molar-refractivity contribution in [2.75, 3.05) is 0 Å². The quantitative estimate of drug-likeness (QED) is 0.0907. The number of esters is 2. The maximum absolute atomic E-state index is 11.4. The van der Waals surface area contributed by atoms with E-state index in [0.29, 0.717) is 6.42 Å². The van der Waals surface area contributed by atoms with Gasteiger partial charge in [-0.2, -0.15) is 0 Å². The van der Waals surface area contributed by atoms with Crippen LogP contribution in [-0.2, 0) is 14.3 Å². The lowest BCUT2D eigenvalue weighted by atomic mass is 10.0. The molecular formula is C25H46O3. The van der Waals surface area contributed by atoms with Gasteiger partial charge < -0.3 is 4.74 Å². The molecule has 0 amide bonds. The van der Waals surface area contributed by atoms with Crippen LogP contribution in [0.1, 0.15) is 136 Å². The van der Waals surface area contributed by atoms with Crippen LogP contribution in [0.5, 0.6) is 0 Å². The van der Waals surface area contributed by atoms with E-state index in [1.807, 2.05) is 0 Å². The molecule has 0 aromatic heterocycles. The highest BCUT2D eigenvalue weighted by atomic mass is 16.6. The summed E-state index contributed by atoms with van der Waals surface area (Å²) in [6, 6.07) is 0. The first-order valence-corrected chi connectivity index (χ1v) is 12.0. The van der Waals surface area contributed by atoms with Crippen LogP contribution in [0.4, 0.5) is 0 Å². The largest absolute Gasteiger partial charge is 0.390 e. The van der Waals surface area contributed by atoms with Crippen LogP contribution in [0.3, 0.4) is 0 Å². The first kappa shape index (κ1) is 26.9. The minimum Gasteiger partial charge on any atom is -0.390 e. The number of hydrogen-bond donors (Lipinski definition) is 0. The summed E-state index contributed by atoms with van der Waals surface area (Å²) >= 11 is 0. The fourth-order valence-electron chi connectivity index (χ4n) is 3.41. The Bertz CT molecular complexity index is 401. The van der Waals surface area contributed by atoms with Crippen molar-refractivity contribution in [2.24, 2.45) is 0 Å². The Labute approximate surface area is 174 Å². The molecule has 0 radical (unpaired) electrons. The van der Waals surface area contributed by atoms with Gasteiger partial charge in [-0.3, -0.25) is 4.79 Å². The molecule has 0 bridgehead atoms. The fraction of sp³-hybridized carbons (Fsp3) is 0.840. The molecule has 0 heterocycles. The van der Waals surface area contributed by atoms with Crippen LogP contribution in [0.15, 0.2) is 12.2 Å². The summed E-state index contributed by atoms with van der Waals surface area (Å²) in [6.07, 6.45) is 24.2. The Morgan fingerprint density at radius 1 is 0.607 bits per heavy atom. The van der Waals surface area contributed by atoms with E-state index < -0.39 is 11.9 Å². The molecule has 0 atom stereocenters. The van der Waals surface area contributed by atoms with Crippen molar-refractivity contribution in [1.82, 2.24) is 0 Å². The highest BCUT2D eigenvalue weighted by Crippen LogP contribution is 2.14. The molecule has 0 aliphatic carbocycles. The SMILES string of the molecule is C=C(C)C(=O)OC(=O)CCCCCCCCCCCCCCCCCCCC. The van der Waals surface area contributed by atoms with Gasteiger partial charge in [-0.1, -0.05) is 123 Å². The van der Waals surface area contributed by atoms with Gasteiger partial charge in [0.25, 0.3) is 0 Å². The Balaban J connectivity index is 3.17. The topological polar surface area (TPSA) is 43.4 Å². The van der Waals surface area contributed by atoms with Crippen molar-refractivity contribution in [3.05, 3.63) is 12.2 Å². The van der Waals surface area contributed by atoms with Gasteiger partial charge >= 0.3 is 11.9 Å². The van der Waals surface area contributed by atoms with E-state index in [-0.39, 0.29) is 5.57 Å². The molecule has 0 rings (SSSR count). The lowest BCUT2D eigenvalue weighted by Gasteiger charge is -2.04. The number of rotatable bonds is 20. The van der Waals surface area contributed by atoms with Gasteiger partial charge in [0.15, 0.2) is 0 Å². The Morgan fingerprint density at radius 3 is 1.25 bits per heavy atom. The molecule has 28 heavy (non-hydrogen) atoms. The van der Waals surface area contributed by atoms with Crippen LogP contribution < -0.4 is 0 Å². The predicted octanol–water partition coefficient (Wildman–Crippen LogP) is 8.06. The van der Waals surface area contributed by atoms with E-state index in [1.54, 1.807) is 6.92 Å².